The maximum absolute atomic E-state index is 12.6. The molecule has 0 aliphatic carbocycles. The summed E-state index contributed by atoms with van der Waals surface area (Å²) in [4.78, 5) is 12.6. The number of hydrogen-bond donors (Lipinski definition) is 1. The van der Waals surface area contributed by atoms with E-state index >= 15 is 0 Å². The third kappa shape index (κ3) is 5.76. The van der Waals surface area contributed by atoms with Crippen LogP contribution in [-0.4, -0.2) is 27.2 Å². The second-order valence-electron chi connectivity index (χ2n) is 7.12. The van der Waals surface area contributed by atoms with Crippen molar-refractivity contribution in [3.05, 3.63) is 59.2 Å². The second kappa shape index (κ2) is 10.6. The van der Waals surface area contributed by atoms with Gasteiger partial charge in [0, 0.05) is 6.08 Å². The van der Waals surface area contributed by atoms with Crippen LogP contribution in [0.1, 0.15) is 43.5 Å². The number of amides is 1. The number of methoxy groups -OCH3 is 3. The molecule has 0 fully saturated rings. The molecule has 1 amide bonds. The van der Waals surface area contributed by atoms with E-state index in [0.29, 0.717) is 17.2 Å². The first-order chi connectivity index (χ1) is 13.9. The maximum atomic E-state index is 12.6. The predicted molar refractivity (Wildman–Crippen MR) is 117 cm³/mol. The Morgan fingerprint density at radius 1 is 1.00 bits per heavy atom. The number of carbonyl (C=O) groups is 1. The van der Waals surface area contributed by atoms with Crippen molar-refractivity contribution in [2.24, 2.45) is 5.92 Å². The van der Waals surface area contributed by atoms with Crippen molar-refractivity contribution in [2.75, 3.05) is 21.3 Å². The average molecular weight is 398 g/mol. The zero-order valence-corrected chi connectivity index (χ0v) is 18.1. The normalized spacial score (nSPS) is 12.1. The molecule has 156 valence electrons. The van der Waals surface area contributed by atoms with Crippen molar-refractivity contribution >= 4 is 12.0 Å². The number of aryl methyl sites for hydroxylation is 1. The van der Waals surface area contributed by atoms with E-state index in [0.717, 1.165) is 17.5 Å². The van der Waals surface area contributed by atoms with Gasteiger partial charge >= 0.3 is 0 Å². The van der Waals surface area contributed by atoms with Crippen molar-refractivity contribution < 1.29 is 19.0 Å². The van der Waals surface area contributed by atoms with Crippen LogP contribution >= 0.6 is 0 Å². The highest BCUT2D eigenvalue weighted by atomic mass is 16.5. The molecular formula is C24H31NO4. The van der Waals surface area contributed by atoms with Crippen LogP contribution in [-0.2, 0) is 11.2 Å². The molecule has 0 saturated heterocycles. The lowest BCUT2D eigenvalue weighted by Crippen LogP contribution is -2.30. The summed E-state index contributed by atoms with van der Waals surface area (Å²) in [6.07, 6.45) is 4.25. The second-order valence-corrected chi connectivity index (χ2v) is 7.12. The molecule has 1 N–H and O–H groups in total. The molecule has 0 aromatic heterocycles. The summed E-state index contributed by atoms with van der Waals surface area (Å²) < 4.78 is 16.0. The van der Waals surface area contributed by atoms with Gasteiger partial charge in [0.25, 0.3) is 0 Å². The fraction of sp³-hybridized carbons (Fsp3) is 0.375. The Morgan fingerprint density at radius 2 is 1.59 bits per heavy atom. The summed E-state index contributed by atoms with van der Waals surface area (Å²) in [5, 5.41) is 3.11. The molecule has 5 heteroatoms. The number of carbonyl (C=O) groups excluding carboxylic acids is 1. The molecule has 0 aliphatic rings. The van der Waals surface area contributed by atoms with E-state index in [1.165, 1.54) is 11.6 Å². The van der Waals surface area contributed by atoms with E-state index < -0.39 is 0 Å². The van der Waals surface area contributed by atoms with Gasteiger partial charge < -0.3 is 19.5 Å². The van der Waals surface area contributed by atoms with Gasteiger partial charge in [-0.3, -0.25) is 4.79 Å². The van der Waals surface area contributed by atoms with Gasteiger partial charge in [-0.2, -0.15) is 0 Å². The van der Waals surface area contributed by atoms with Gasteiger partial charge in [-0.25, -0.2) is 0 Å². The smallest absolute Gasteiger partial charge is 0.244 e. The van der Waals surface area contributed by atoms with Gasteiger partial charge in [0.1, 0.15) is 0 Å². The van der Waals surface area contributed by atoms with Gasteiger partial charge in [0.05, 0.1) is 27.4 Å². The Hall–Kier alpha value is -2.95. The summed E-state index contributed by atoms with van der Waals surface area (Å²) in [5.74, 6) is 1.72. The molecule has 5 nitrogen and oxygen atoms in total. The SMILES string of the molecule is CCc1ccc([C@H](NC(=O)/C=C/c2cc(OC)c(OC)c(OC)c2)C(C)C)cc1. The van der Waals surface area contributed by atoms with Crippen LogP contribution in [0.25, 0.3) is 6.08 Å². The summed E-state index contributed by atoms with van der Waals surface area (Å²) in [5.41, 5.74) is 3.17. The summed E-state index contributed by atoms with van der Waals surface area (Å²) in [6, 6.07) is 12.0. The number of nitrogens with one attached hydrogen (secondary N) is 1. The fourth-order valence-corrected chi connectivity index (χ4v) is 3.17. The lowest BCUT2D eigenvalue weighted by Gasteiger charge is -2.22. The first kappa shape index (κ1) is 22.3. The highest BCUT2D eigenvalue weighted by Gasteiger charge is 2.17. The van der Waals surface area contributed by atoms with Crippen LogP contribution in [0.5, 0.6) is 17.2 Å². The van der Waals surface area contributed by atoms with Crippen LogP contribution < -0.4 is 19.5 Å². The molecule has 0 unspecified atom stereocenters. The topological polar surface area (TPSA) is 56.8 Å². The average Bonchev–Trinajstić information content (AvgIpc) is 2.74. The van der Waals surface area contributed by atoms with Crippen molar-refractivity contribution in [2.45, 2.75) is 33.2 Å². The Morgan fingerprint density at radius 3 is 2.03 bits per heavy atom. The van der Waals surface area contributed by atoms with E-state index in [2.05, 4.69) is 50.4 Å². The highest BCUT2D eigenvalue weighted by molar-refractivity contribution is 5.92. The molecule has 0 aliphatic heterocycles. The van der Waals surface area contributed by atoms with Gasteiger partial charge in [-0.15, -0.1) is 0 Å². The summed E-state index contributed by atoms with van der Waals surface area (Å²) in [7, 11) is 4.69. The lowest BCUT2D eigenvalue weighted by atomic mass is 9.95. The van der Waals surface area contributed by atoms with E-state index in [1.807, 2.05) is 0 Å². The van der Waals surface area contributed by atoms with E-state index in [9.17, 15) is 4.79 Å². The highest BCUT2D eigenvalue weighted by Crippen LogP contribution is 2.38. The molecule has 29 heavy (non-hydrogen) atoms. The number of rotatable bonds is 9. The largest absolute Gasteiger partial charge is 0.493 e. The van der Waals surface area contributed by atoms with Gasteiger partial charge in [-0.1, -0.05) is 45.0 Å². The Labute approximate surface area is 173 Å². The molecule has 0 bridgehead atoms. The third-order valence-corrected chi connectivity index (χ3v) is 4.83. The van der Waals surface area contributed by atoms with Crippen molar-refractivity contribution in [1.82, 2.24) is 5.32 Å². The van der Waals surface area contributed by atoms with E-state index in [1.54, 1.807) is 39.5 Å². The number of hydrogen-bond acceptors (Lipinski definition) is 4. The molecule has 2 aromatic rings. The monoisotopic (exact) mass is 397 g/mol. The number of benzene rings is 2. The number of ether oxygens (including phenoxy) is 3. The maximum Gasteiger partial charge on any atom is 0.244 e. The minimum absolute atomic E-state index is 0.0574. The minimum atomic E-state index is -0.156. The Balaban J connectivity index is 2.18. The molecule has 0 spiro atoms. The molecular weight excluding hydrogens is 366 g/mol. The van der Waals surface area contributed by atoms with Crippen molar-refractivity contribution in [1.29, 1.82) is 0 Å². The zero-order valence-electron chi connectivity index (χ0n) is 18.1. The van der Waals surface area contributed by atoms with Crippen LogP contribution in [0.15, 0.2) is 42.5 Å². The minimum Gasteiger partial charge on any atom is -0.493 e. The van der Waals surface area contributed by atoms with Crippen LogP contribution in [0.2, 0.25) is 0 Å². The predicted octanol–water partition coefficient (Wildman–Crippen LogP) is 4.80. The standard InChI is InChI=1S/C24H31NO4/c1-7-17-8-11-19(12-9-17)23(16(2)3)25-22(26)13-10-18-14-20(27-4)24(29-6)21(15-18)28-5/h8-16,23H,7H2,1-6H3,(H,25,26)/b13-10+/t23-/m1/s1. The van der Waals surface area contributed by atoms with Crippen LogP contribution in [0.3, 0.4) is 0 Å². The molecule has 1 atom stereocenters. The summed E-state index contributed by atoms with van der Waals surface area (Å²) in [6.45, 7) is 6.33. The van der Waals surface area contributed by atoms with E-state index in [4.69, 9.17) is 14.2 Å². The van der Waals surface area contributed by atoms with Crippen LogP contribution in [0, 0.1) is 5.92 Å². The fourth-order valence-electron chi connectivity index (χ4n) is 3.17. The van der Waals surface area contributed by atoms with Crippen molar-refractivity contribution in [3.63, 3.8) is 0 Å². The molecule has 0 saturated carbocycles. The van der Waals surface area contributed by atoms with Crippen molar-refractivity contribution in [3.8, 4) is 17.2 Å². The Bertz CT molecular complexity index is 815. The first-order valence-electron chi connectivity index (χ1n) is 9.80. The van der Waals surface area contributed by atoms with Crippen LogP contribution in [0.4, 0.5) is 0 Å². The first-order valence-corrected chi connectivity index (χ1v) is 9.80. The molecule has 0 heterocycles. The molecule has 2 rings (SSSR count). The lowest BCUT2D eigenvalue weighted by molar-refractivity contribution is -0.117. The Kier molecular flexibility index (Phi) is 8.13. The molecule has 0 radical (unpaired) electrons. The van der Waals surface area contributed by atoms with E-state index in [-0.39, 0.29) is 17.9 Å². The van der Waals surface area contributed by atoms with Gasteiger partial charge in [0.15, 0.2) is 11.5 Å². The summed E-state index contributed by atoms with van der Waals surface area (Å²) >= 11 is 0. The zero-order chi connectivity index (χ0) is 21.4. The third-order valence-electron chi connectivity index (χ3n) is 4.83. The quantitative estimate of drug-likeness (QED) is 0.618. The van der Waals surface area contributed by atoms with Gasteiger partial charge in [0.2, 0.25) is 11.7 Å². The molecule has 2 aromatic carbocycles. The van der Waals surface area contributed by atoms with Gasteiger partial charge in [-0.05, 0) is 47.2 Å².